The Kier molecular flexibility index (Phi) is 5.50. The summed E-state index contributed by atoms with van der Waals surface area (Å²) < 4.78 is 22.9. The van der Waals surface area contributed by atoms with Crippen molar-refractivity contribution in [1.82, 2.24) is 15.3 Å². The first-order chi connectivity index (χ1) is 16.2. The van der Waals surface area contributed by atoms with Crippen molar-refractivity contribution < 1.29 is 23.4 Å². The lowest BCUT2D eigenvalue weighted by Crippen LogP contribution is -2.24. The Hall–Kier alpha value is -4.53. The molecule has 0 spiro atoms. The van der Waals surface area contributed by atoms with Gasteiger partial charge in [0.05, 0.1) is 0 Å². The Morgan fingerprint density at radius 1 is 1.18 bits per heavy atom. The van der Waals surface area contributed by atoms with Crippen molar-refractivity contribution in [3.05, 3.63) is 90.8 Å². The van der Waals surface area contributed by atoms with Gasteiger partial charge in [0.1, 0.15) is 35.2 Å². The number of hydrogen-bond donors (Lipinski definition) is 1. The van der Waals surface area contributed by atoms with Gasteiger partial charge in [0.2, 0.25) is 5.88 Å². The van der Waals surface area contributed by atoms with Crippen molar-refractivity contribution in [2.75, 3.05) is 11.9 Å². The van der Waals surface area contributed by atoms with Crippen LogP contribution < -0.4 is 15.0 Å². The molecule has 0 atom stereocenters. The minimum atomic E-state index is -0.291. The zero-order valence-corrected chi connectivity index (χ0v) is 17.7. The van der Waals surface area contributed by atoms with Gasteiger partial charge in [-0.25, -0.2) is 4.90 Å². The summed E-state index contributed by atoms with van der Waals surface area (Å²) in [6.07, 6.45) is 13.7. The number of amides is 1. The molecule has 3 heterocycles. The van der Waals surface area contributed by atoms with Crippen LogP contribution in [0.5, 0.6) is 11.5 Å². The maximum absolute atomic E-state index is 11.8. The average molecular weight is 444 g/mol. The van der Waals surface area contributed by atoms with Gasteiger partial charge in [0, 0.05) is 31.1 Å². The SMILES string of the molecule is CNC(=O)c1cc(Oc2ccc3nc(N(C4=CC=CCC4)C4=COC=CO4)oc3c2)ccn1. The second-order valence-electron chi connectivity index (χ2n) is 7.13. The van der Waals surface area contributed by atoms with Crippen LogP contribution in [-0.4, -0.2) is 22.9 Å². The molecule has 2 aromatic heterocycles. The molecule has 0 unspecified atom stereocenters. The number of pyridine rings is 1. The van der Waals surface area contributed by atoms with Gasteiger partial charge in [-0.1, -0.05) is 12.2 Å². The van der Waals surface area contributed by atoms with Crippen molar-refractivity contribution >= 4 is 23.0 Å². The lowest BCUT2D eigenvalue weighted by molar-refractivity contribution is 0.0958. The molecule has 1 amide bonds. The maximum atomic E-state index is 11.8. The largest absolute Gasteiger partial charge is 0.464 e. The molecule has 1 N–H and O–H groups in total. The van der Waals surface area contributed by atoms with E-state index < -0.39 is 0 Å². The standard InChI is InChI=1S/C24H20N4O5/c1-25-23(29)20-13-18(9-10-26-20)32-17-7-8-19-21(14-17)33-24(27-19)28(16-5-3-2-4-6-16)22-15-30-11-12-31-22/h2-3,5,7-15H,4,6H2,1H3,(H,25,29). The maximum Gasteiger partial charge on any atom is 0.310 e. The molecule has 3 aromatic rings. The number of carbonyl (C=O) groups excluding carboxylic acids is 1. The fourth-order valence-corrected chi connectivity index (χ4v) is 3.41. The molecule has 33 heavy (non-hydrogen) atoms. The molecule has 0 fully saturated rings. The molecule has 1 aliphatic heterocycles. The van der Waals surface area contributed by atoms with E-state index in [1.54, 1.807) is 42.3 Å². The number of nitrogens with one attached hydrogen (secondary N) is 1. The third-order valence-electron chi connectivity index (χ3n) is 4.96. The zero-order valence-electron chi connectivity index (χ0n) is 17.7. The predicted molar refractivity (Wildman–Crippen MR) is 120 cm³/mol. The van der Waals surface area contributed by atoms with Crippen LogP contribution in [0.3, 0.4) is 0 Å². The van der Waals surface area contributed by atoms with Crippen LogP contribution >= 0.6 is 0 Å². The fraction of sp³-hybridized carbons (Fsp3) is 0.125. The third kappa shape index (κ3) is 4.29. The first kappa shape index (κ1) is 20.4. The minimum absolute atomic E-state index is 0.264. The number of carbonyl (C=O) groups is 1. The molecule has 0 saturated heterocycles. The number of oxazole rings is 1. The summed E-state index contributed by atoms with van der Waals surface area (Å²) in [5.41, 5.74) is 2.42. The Morgan fingerprint density at radius 2 is 2.09 bits per heavy atom. The summed E-state index contributed by atoms with van der Waals surface area (Å²) in [4.78, 5) is 22.3. The van der Waals surface area contributed by atoms with E-state index in [4.69, 9.17) is 18.6 Å². The molecule has 9 nitrogen and oxygen atoms in total. The number of fused-ring (bicyclic) bond motifs is 1. The number of allylic oxidation sites excluding steroid dienone is 4. The normalized spacial score (nSPS) is 14.7. The summed E-state index contributed by atoms with van der Waals surface area (Å²) in [7, 11) is 1.55. The highest BCUT2D eigenvalue weighted by Crippen LogP contribution is 2.34. The number of hydrogen-bond acceptors (Lipinski definition) is 8. The van der Waals surface area contributed by atoms with Crippen LogP contribution in [0.1, 0.15) is 23.3 Å². The van der Waals surface area contributed by atoms with Crippen molar-refractivity contribution in [3.8, 4) is 11.5 Å². The van der Waals surface area contributed by atoms with Crippen LogP contribution in [0.2, 0.25) is 0 Å². The first-order valence-electron chi connectivity index (χ1n) is 10.3. The highest BCUT2D eigenvalue weighted by Gasteiger charge is 2.25. The number of ether oxygens (including phenoxy) is 3. The van der Waals surface area contributed by atoms with E-state index in [2.05, 4.69) is 21.4 Å². The molecule has 0 saturated carbocycles. The van der Waals surface area contributed by atoms with Gasteiger partial charge >= 0.3 is 6.01 Å². The molecule has 1 aliphatic carbocycles. The number of nitrogens with zero attached hydrogens (tertiary/aromatic N) is 3. The smallest absolute Gasteiger partial charge is 0.310 e. The van der Waals surface area contributed by atoms with E-state index in [-0.39, 0.29) is 11.6 Å². The molecular weight excluding hydrogens is 424 g/mol. The number of aromatic nitrogens is 2. The van der Waals surface area contributed by atoms with Gasteiger partial charge in [-0.15, -0.1) is 0 Å². The Balaban J connectivity index is 1.46. The average Bonchev–Trinajstić information content (AvgIpc) is 3.28. The Labute approximate surface area is 189 Å². The van der Waals surface area contributed by atoms with Crippen LogP contribution in [0.4, 0.5) is 6.01 Å². The first-order valence-corrected chi connectivity index (χ1v) is 10.3. The van der Waals surface area contributed by atoms with Crippen LogP contribution in [0, 0.1) is 0 Å². The minimum Gasteiger partial charge on any atom is -0.464 e. The van der Waals surface area contributed by atoms with E-state index in [0.717, 1.165) is 18.5 Å². The van der Waals surface area contributed by atoms with Crippen molar-refractivity contribution in [3.63, 3.8) is 0 Å². The number of benzene rings is 1. The van der Waals surface area contributed by atoms with Crippen LogP contribution in [0.25, 0.3) is 11.1 Å². The van der Waals surface area contributed by atoms with E-state index in [1.165, 1.54) is 25.0 Å². The molecular formula is C24H20N4O5. The van der Waals surface area contributed by atoms with E-state index >= 15 is 0 Å². The van der Waals surface area contributed by atoms with Gasteiger partial charge in [0.25, 0.3) is 5.91 Å². The zero-order chi connectivity index (χ0) is 22.6. The molecule has 1 aromatic carbocycles. The van der Waals surface area contributed by atoms with Crippen molar-refractivity contribution in [2.45, 2.75) is 12.8 Å². The Bertz CT molecular complexity index is 1320. The highest BCUT2D eigenvalue weighted by molar-refractivity contribution is 5.92. The summed E-state index contributed by atoms with van der Waals surface area (Å²) >= 11 is 0. The second kappa shape index (κ2) is 8.91. The topological polar surface area (TPSA) is 99.0 Å². The number of anilines is 1. The van der Waals surface area contributed by atoms with Gasteiger partial charge < -0.3 is 23.9 Å². The highest BCUT2D eigenvalue weighted by atomic mass is 16.5. The lowest BCUT2D eigenvalue weighted by atomic mass is 10.1. The fourth-order valence-electron chi connectivity index (χ4n) is 3.41. The summed E-state index contributed by atoms with van der Waals surface area (Å²) in [5.74, 6) is 1.17. The summed E-state index contributed by atoms with van der Waals surface area (Å²) in [6, 6.07) is 8.92. The second-order valence-corrected chi connectivity index (χ2v) is 7.13. The summed E-state index contributed by atoms with van der Waals surface area (Å²) in [5, 5.41) is 2.54. The van der Waals surface area contributed by atoms with E-state index in [0.29, 0.717) is 34.5 Å². The molecule has 0 bridgehead atoms. The van der Waals surface area contributed by atoms with Gasteiger partial charge in [0.15, 0.2) is 11.8 Å². The van der Waals surface area contributed by atoms with Gasteiger partial charge in [-0.2, -0.15) is 4.98 Å². The van der Waals surface area contributed by atoms with Crippen molar-refractivity contribution in [1.29, 1.82) is 0 Å². The Morgan fingerprint density at radius 3 is 2.88 bits per heavy atom. The summed E-state index contributed by atoms with van der Waals surface area (Å²) in [6.45, 7) is 0. The molecule has 2 aliphatic rings. The van der Waals surface area contributed by atoms with Crippen molar-refractivity contribution in [2.24, 2.45) is 0 Å². The number of rotatable bonds is 6. The van der Waals surface area contributed by atoms with Gasteiger partial charge in [-0.3, -0.25) is 9.78 Å². The molecule has 9 heteroatoms. The van der Waals surface area contributed by atoms with Crippen LogP contribution in [-0.2, 0) is 9.47 Å². The predicted octanol–water partition coefficient (Wildman–Crippen LogP) is 4.73. The molecule has 166 valence electrons. The lowest BCUT2D eigenvalue weighted by Gasteiger charge is -2.26. The molecule has 0 radical (unpaired) electrons. The monoisotopic (exact) mass is 444 g/mol. The quantitative estimate of drug-likeness (QED) is 0.583. The third-order valence-corrected chi connectivity index (χ3v) is 4.96. The van der Waals surface area contributed by atoms with E-state index in [9.17, 15) is 4.79 Å². The van der Waals surface area contributed by atoms with Crippen LogP contribution in [0.15, 0.2) is 89.5 Å². The molecule has 5 rings (SSSR count). The van der Waals surface area contributed by atoms with Gasteiger partial charge in [-0.05, 0) is 37.1 Å². The van der Waals surface area contributed by atoms with E-state index in [1.807, 2.05) is 12.2 Å².